The van der Waals surface area contributed by atoms with E-state index in [0.29, 0.717) is 51.0 Å². The van der Waals surface area contributed by atoms with Crippen molar-refractivity contribution < 1.29 is 18.7 Å². The lowest BCUT2D eigenvalue weighted by Gasteiger charge is -2.32. The molecule has 4 rings (SSSR count). The first-order chi connectivity index (χ1) is 14.8. The fraction of sp³-hybridized carbons (Fsp3) is 0.333. The third kappa shape index (κ3) is 4.29. The molecular formula is C21H22FN5O3S. The Morgan fingerprint density at radius 3 is 2.90 bits per heavy atom. The van der Waals surface area contributed by atoms with Gasteiger partial charge in [-0.3, -0.25) is 9.59 Å². The number of nitrogens with one attached hydrogen (secondary N) is 1. The van der Waals surface area contributed by atoms with Crippen LogP contribution in [0.4, 0.5) is 15.9 Å². The Morgan fingerprint density at radius 1 is 1.35 bits per heavy atom. The maximum absolute atomic E-state index is 14.0. The predicted molar refractivity (Wildman–Crippen MR) is 116 cm³/mol. The van der Waals surface area contributed by atoms with Crippen LogP contribution in [0, 0.1) is 12.7 Å². The van der Waals surface area contributed by atoms with Crippen LogP contribution in [0.15, 0.2) is 24.5 Å². The number of aromatic nitrogens is 2. The topological polar surface area (TPSA) is 110 Å². The number of halogens is 1. The van der Waals surface area contributed by atoms with Gasteiger partial charge in [-0.2, -0.15) is 0 Å². The maximum atomic E-state index is 14.0. The first-order valence-corrected chi connectivity index (χ1v) is 10.7. The molecule has 0 radical (unpaired) electrons. The van der Waals surface area contributed by atoms with E-state index in [0.717, 1.165) is 12.8 Å². The van der Waals surface area contributed by atoms with Crippen molar-refractivity contribution in [3.63, 3.8) is 0 Å². The molecule has 1 aromatic carbocycles. The number of carbonyl (C=O) groups excluding carboxylic acids is 2. The van der Waals surface area contributed by atoms with Gasteiger partial charge in [-0.15, -0.1) is 11.3 Å². The van der Waals surface area contributed by atoms with E-state index < -0.39 is 11.7 Å². The molecule has 1 fully saturated rings. The molecule has 1 saturated heterocycles. The van der Waals surface area contributed by atoms with Crippen molar-refractivity contribution in [1.29, 1.82) is 0 Å². The highest BCUT2D eigenvalue weighted by molar-refractivity contribution is 7.20. The summed E-state index contributed by atoms with van der Waals surface area (Å²) in [5, 5.41) is 3.87. The summed E-state index contributed by atoms with van der Waals surface area (Å²) in [5.41, 5.74) is 6.68. The van der Waals surface area contributed by atoms with E-state index in [-0.39, 0.29) is 12.0 Å². The Labute approximate surface area is 182 Å². The van der Waals surface area contributed by atoms with Gasteiger partial charge in [-0.05, 0) is 37.5 Å². The number of rotatable bonds is 5. The minimum absolute atomic E-state index is 0.00698. The number of piperidine rings is 1. The Kier molecular flexibility index (Phi) is 5.73. The molecule has 10 heteroatoms. The summed E-state index contributed by atoms with van der Waals surface area (Å²) >= 11 is 1.20. The molecule has 1 aliphatic heterocycles. The number of carbonyl (C=O) groups is 2. The number of likely N-dealkylation sites (tertiary alicyclic amines) is 1. The lowest BCUT2D eigenvalue weighted by atomic mass is 10.1. The van der Waals surface area contributed by atoms with Gasteiger partial charge in [0.05, 0.1) is 22.5 Å². The van der Waals surface area contributed by atoms with Gasteiger partial charge in [-0.1, -0.05) is 0 Å². The summed E-state index contributed by atoms with van der Waals surface area (Å²) < 4.78 is 20.1. The van der Waals surface area contributed by atoms with Crippen molar-refractivity contribution in [3.8, 4) is 5.75 Å². The van der Waals surface area contributed by atoms with Crippen molar-refractivity contribution in [3.05, 3.63) is 40.8 Å². The van der Waals surface area contributed by atoms with Gasteiger partial charge < -0.3 is 20.7 Å². The molecule has 0 spiro atoms. The minimum Gasteiger partial charge on any atom is -0.486 e. The highest BCUT2D eigenvalue weighted by atomic mass is 32.1. The lowest BCUT2D eigenvalue weighted by Crippen LogP contribution is -2.43. The zero-order valence-corrected chi connectivity index (χ0v) is 18.0. The van der Waals surface area contributed by atoms with E-state index in [1.54, 1.807) is 17.9 Å². The fourth-order valence-electron chi connectivity index (χ4n) is 3.73. The van der Waals surface area contributed by atoms with Crippen molar-refractivity contribution in [1.82, 2.24) is 14.9 Å². The Bertz CT molecular complexity index is 1170. The normalized spacial score (nSPS) is 16.4. The van der Waals surface area contributed by atoms with Crippen molar-refractivity contribution in [2.75, 3.05) is 18.4 Å². The largest absolute Gasteiger partial charge is 0.486 e. The average Bonchev–Trinajstić information content (AvgIpc) is 3.08. The molecule has 8 nitrogen and oxygen atoms in total. The number of fused-ring (bicyclic) bond motifs is 1. The van der Waals surface area contributed by atoms with E-state index in [1.807, 2.05) is 0 Å². The summed E-state index contributed by atoms with van der Waals surface area (Å²) in [5.74, 6) is -0.172. The van der Waals surface area contributed by atoms with Crippen LogP contribution in [0.25, 0.3) is 10.2 Å². The summed E-state index contributed by atoms with van der Waals surface area (Å²) in [7, 11) is 0. The second kappa shape index (κ2) is 8.46. The van der Waals surface area contributed by atoms with E-state index in [2.05, 4.69) is 15.3 Å². The smallest absolute Gasteiger partial charge is 0.259 e. The molecule has 0 bridgehead atoms. The van der Waals surface area contributed by atoms with Crippen LogP contribution >= 0.6 is 11.3 Å². The van der Waals surface area contributed by atoms with E-state index in [1.165, 1.54) is 36.7 Å². The van der Waals surface area contributed by atoms with E-state index in [4.69, 9.17) is 10.5 Å². The van der Waals surface area contributed by atoms with Crippen molar-refractivity contribution in [2.45, 2.75) is 32.8 Å². The average molecular weight is 444 g/mol. The summed E-state index contributed by atoms with van der Waals surface area (Å²) in [6.45, 7) is 4.46. The standard InChI is InChI=1S/C21H22FN5O3S/c1-11-17-20(24-10-25-21(17)31-18(11)19(23)29)26-15-6-5-13(22)8-16(15)30-14-4-3-7-27(9-14)12(2)28/h5-6,8,10,14H,3-4,7,9H2,1-2H3,(H2,23,29)(H,24,25,26)/t14-/m1/s1. The first kappa shape index (κ1) is 21.0. The number of nitrogens with two attached hydrogens (primary N) is 1. The quantitative estimate of drug-likeness (QED) is 0.626. The first-order valence-electron chi connectivity index (χ1n) is 9.86. The fourth-order valence-corrected chi connectivity index (χ4v) is 4.73. The molecule has 31 heavy (non-hydrogen) atoms. The molecule has 3 aromatic rings. The molecule has 2 amide bonds. The number of ether oxygens (including phenoxy) is 1. The Hall–Kier alpha value is -3.27. The van der Waals surface area contributed by atoms with Crippen LogP contribution < -0.4 is 15.8 Å². The van der Waals surface area contributed by atoms with Crippen molar-refractivity contribution in [2.24, 2.45) is 5.73 Å². The van der Waals surface area contributed by atoms with Gasteiger partial charge in [-0.25, -0.2) is 14.4 Å². The van der Waals surface area contributed by atoms with Gasteiger partial charge in [0, 0.05) is 19.5 Å². The molecule has 0 saturated carbocycles. The molecule has 0 aliphatic carbocycles. The molecule has 1 aliphatic rings. The van der Waals surface area contributed by atoms with Gasteiger partial charge in [0.25, 0.3) is 5.91 Å². The summed E-state index contributed by atoms with van der Waals surface area (Å²) in [6, 6.07) is 4.20. The van der Waals surface area contributed by atoms with Crippen LogP contribution in [-0.4, -0.2) is 45.9 Å². The number of amides is 2. The predicted octanol–water partition coefficient (Wildman–Crippen LogP) is 3.37. The molecule has 2 aromatic heterocycles. The minimum atomic E-state index is -0.524. The van der Waals surface area contributed by atoms with Gasteiger partial charge in [0.1, 0.15) is 34.6 Å². The highest BCUT2D eigenvalue weighted by Crippen LogP contribution is 2.36. The number of nitrogens with zero attached hydrogens (tertiary/aromatic N) is 3. The van der Waals surface area contributed by atoms with Crippen LogP contribution in [-0.2, 0) is 4.79 Å². The van der Waals surface area contributed by atoms with Crippen LogP contribution in [0.5, 0.6) is 5.75 Å². The SMILES string of the molecule is CC(=O)N1CCC[C@@H](Oc2cc(F)ccc2Nc2ncnc3sc(C(N)=O)c(C)c23)C1. The molecule has 0 unspecified atom stereocenters. The van der Waals surface area contributed by atoms with E-state index >= 15 is 0 Å². The zero-order chi connectivity index (χ0) is 22.1. The second-order valence-electron chi connectivity index (χ2n) is 7.44. The summed E-state index contributed by atoms with van der Waals surface area (Å²) in [4.78, 5) is 34.8. The third-order valence-corrected chi connectivity index (χ3v) is 6.48. The van der Waals surface area contributed by atoms with Crippen molar-refractivity contribution >= 4 is 44.9 Å². The Balaban J connectivity index is 1.66. The molecule has 3 heterocycles. The number of hydrogen-bond acceptors (Lipinski definition) is 7. The number of thiophene rings is 1. The number of anilines is 2. The zero-order valence-electron chi connectivity index (χ0n) is 17.1. The highest BCUT2D eigenvalue weighted by Gasteiger charge is 2.24. The van der Waals surface area contributed by atoms with Crippen LogP contribution in [0.2, 0.25) is 0 Å². The van der Waals surface area contributed by atoms with Crippen LogP contribution in [0.3, 0.4) is 0 Å². The number of primary amides is 1. The monoisotopic (exact) mass is 443 g/mol. The van der Waals surface area contributed by atoms with Gasteiger partial charge in [0.15, 0.2) is 0 Å². The molecular weight excluding hydrogens is 421 g/mol. The number of benzene rings is 1. The third-order valence-electron chi connectivity index (χ3n) is 5.26. The Morgan fingerprint density at radius 2 is 2.16 bits per heavy atom. The number of hydrogen-bond donors (Lipinski definition) is 2. The molecule has 1 atom stereocenters. The van der Waals surface area contributed by atoms with Gasteiger partial charge in [0.2, 0.25) is 5.91 Å². The molecule has 162 valence electrons. The maximum Gasteiger partial charge on any atom is 0.259 e. The summed E-state index contributed by atoms with van der Waals surface area (Å²) in [6.07, 6.45) is 2.73. The van der Waals surface area contributed by atoms with E-state index in [9.17, 15) is 14.0 Å². The molecule has 3 N–H and O–H groups in total. The van der Waals surface area contributed by atoms with Gasteiger partial charge >= 0.3 is 0 Å². The lowest BCUT2D eigenvalue weighted by molar-refractivity contribution is -0.131. The second-order valence-corrected chi connectivity index (χ2v) is 8.43. The number of aryl methyl sites for hydroxylation is 1. The van der Waals surface area contributed by atoms with Crippen LogP contribution in [0.1, 0.15) is 35.0 Å².